The van der Waals surface area contributed by atoms with Crippen molar-refractivity contribution in [1.82, 2.24) is 5.43 Å². The first-order valence-electron chi connectivity index (χ1n) is 3.96. The molecule has 1 fully saturated rings. The Morgan fingerprint density at radius 3 is 3.00 bits per heavy atom. The molecule has 4 nitrogen and oxygen atoms in total. The van der Waals surface area contributed by atoms with Crippen molar-refractivity contribution in [2.45, 2.75) is 30.5 Å². The van der Waals surface area contributed by atoms with Crippen molar-refractivity contribution in [1.29, 1.82) is 0 Å². The number of primary amides is 1. The number of hydrogen-bond acceptors (Lipinski definition) is 2. The third-order valence-corrected chi connectivity index (χ3v) is 2.80. The summed E-state index contributed by atoms with van der Waals surface area (Å²) in [4.78, 5) is 10.6. The lowest BCUT2D eigenvalue weighted by Gasteiger charge is -2.17. The molecular formula is C7H12BrN3O. The molecule has 3 N–H and O–H groups in total. The van der Waals surface area contributed by atoms with E-state index in [4.69, 9.17) is 5.73 Å². The summed E-state index contributed by atoms with van der Waals surface area (Å²) in [5, 5.41) is 3.91. The molecule has 0 bridgehead atoms. The lowest BCUT2D eigenvalue weighted by atomic mass is 9.99. The smallest absolute Gasteiger partial charge is 0.332 e. The molecule has 0 aromatic heterocycles. The zero-order valence-corrected chi connectivity index (χ0v) is 8.30. The maximum Gasteiger partial charge on any atom is 0.332 e. The third kappa shape index (κ3) is 2.81. The minimum atomic E-state index is -0.604. The molecule has 1 aliphatic carbocycles. The van der Waals surface area contributed by atoms with Crippen LogP contribution in [0.25, 0.3) is 0 Å². The van der Waals surface area contributed by atoms with Gasteiger partial charge in [0.15, 0.2) is 0 Å². The lowest BCUT2D eigenvalue weighted by molar-refractivity contribution is 0.249. The topological polar surface area (TPSA) is 67.5 Å². The molecule has 68 valence electrons. The van der Waals surface area contributed by atoms with Crippen LogP contribution in [0.4, 0.5) is 4.79 Å². The van der Waals surface area contributed by atoms with Crippen molar-refractivity contribution >= 4 is 27.7 Å². The van der Waals surface area contributed by atoms with E-state index in [0.29, 0.717) is 4.83 Å². The monoisotopic (exact) mass is 233 g/mol. The van der Waals surface area contributed by atoms with E-state index >= 15 is 0 Å². The summed E-state index contributed by atoms with van der Waals surface area (Å²) < 4.78 is 0. The van der Waals surface area contributed by atoms with Crippen LogP contribution in [0.3, 0.4) is 0 Å². The fourth-order valence-electron chi connectivity index (χ4n) is 1.21. The number of hydrogen-bond donors (Lipinski definition) is 2. The predicted molar refractivity (Wildman–Crippen MR) is 51.3 cm³/mol. The Hall–Kier alpha value is -0.580. The Balaban J connectivity index is 2.47. The molecule has 0 aromatic rings. The molecule has 2 amide bonds. The van der Waals surface area contributed by atoms with Crippen molar-refractivity contribution in [2.24, 2.45) is 10.8 Å². The second-order valence-corrected chi connectivity index (χ2v) is 3.90. The van der Waals surface area contributed by atoms with Crippen molar-refractivity contribution in [2.75, 3.05) is 0 Å². The highest BCUT2D eigenvalue weighted by molar-refractivity contribution is 9.10. The number of halogens is 1. The molecule has 1 atom stereocenters. The number of nitrogens with zero attached hydrogens (tertiary/aromatic N) is 1. The number of urea groups is 1. The maximum absolute atomic E-state index is 10.3. The van der Waals surface area contributed by atoms with Gasteiger partial charge >= 0.3 is 6.03 Å². The number of amides is 2. The largest absolute Gasteiger partial charge is 0.350 e. The van der Waals surface area contributed by atoms with Crippen LogP contribution in [0, 0.1) is 0 Å². The van der Waals surface area contributed by atoms with Crippen LogP contribution >= 0.6 is 15.9 Å². The van der Waals surface area contributed by atoms with E-state index in [-0.39, 0.29) is 0 Å². The number of hydrazone groups is 1. The van der Waals surface area contributed by atoms with E-state index in [2.05, 4.69) is 26.5 Å². The summed E-state index contributed by atoms with van der Waals surface area (Å²) in [6, 6.07) is -0.604. The van der Waals surface area contributed by atoms with Crippen LogP contribution in [0.2, 0.25) is 0 Å². The van der Waals surface area contributed by atoms with Crippen molar-refractivity contribution in [3.05, 3.63) is 0 Å². The molecule has 1 saturated carbocycles. The summed E-state index contributed by atoms with van der Waals surface area (Å²) >= 11 is 3.48. The lowest BCUT2D eigenvalue weighted by Crippen LogP contribution is -2.29. The van der Waals surface area contributed by atoms with Gasteiger partial charge in [0.05, 0.1) is 10.5 Å². The molecule has 0 heterocycles. The molecular weight excluding hydrogens is 222 g/mol. The van der Waals surface area contributed by atoms with Crippen LogP contribution < -0.4 is 11.2 Å². The summed E-state index contributed by atoms with van der Waals surface area (Å²) in [5.41, 5.74) is 8.11. The van der Waals surface area contributed by atoms with Crippen LogP contribution in [0.15, 0.2) is 5.10 Å². The van der Waals surface area contributed by atoms with Gasteiger partial charge in [-0.15, -0.1) is 0 Å². The highest BCUT2D eigenvalue weighted by Gasteiger charge is 2.17. The van der Waals surface area contributed by atoms with E-state index in [9.17, 15) is 4.79 Å². The second kappa shape index (κ2) is 4.45. The van der Waals surface area contributed by atoms with Crippen LogP contribution in [-0.4, -0.2) is 16.6 Å². The summed E-state index contributed by atoms with van der Waals surface area (Å²) in [5.74, 6) is 0. The number of carbonyl (C=O) groups is 1. The van der Waals surface area contributed by atoms with Gasteiger partial charge in [-0.05, 0) is 19.3 Å². The van der Waals surface area contributed by atoms with Gasteiger partial charge in [-0.3, -0.25) is 0 Å². The van der Waals surface area contributed by atoms with Gasteiger partial charge in [0, 0.05) is 0 Å². The van der Waals surface area contributed by atoms with E-state index in [1.165, 1.54) is 6.42 Å². The fraction of sp³-hybridized carbons (Fsp3) is 0.714. The Kier molecular flexibility index (Phi) is 3.52. The molecule has 0 spiro atoms. The number of carbonyl (C=O) groups excluding carboxylic acids is 1. The second-order valence-electron chi connectivity index (χ2n) is 2.79. The molecule has 0 aromatic carbocycles. The number of nitrogens with two attached hydrogens (primary N) is 1. The minimum Gasteiger partial charge on any atom is -0.350 e. The first-order chi connectivity index (χ1) is 5.70. The van der Waals surface area contributed by atoms with E-state index in [0.717, 1.165) is 25.0 Å². The Morgan fingerprint density at radius 1 is 1.67 bits per heavy atom. The molecule has 0 aliphatic heterocycles. The van der Waals surface area contributed by atoms with Crippen molar-refractivity contribution < 1.29 is 4.79 Å². The average Bonchev–Trinajstić information content (AvgIpc) is 2.03. The molecule has 0 radical (unpaired) electrons. The summed E-state index contributed by atoms with van der Waals surface area (Å²) in [7, 11) is 0. The zero-order chi connectivity index (χ0) is 8.97. The first-order valence-corrected chi connectivity index (χ1v) is 4.87. The summed E-state index contributed by atoms with van der Waals surface area (Å²) in [6.07, 6.45) is 4.38. The van der Waals surface area contributed by atoms with Crippen LogP contribution in [0.1, 0.15) is 25.7 Å². The van der Waals surface area contributed by atoms with Crippen molar-refractivity contribution in [3.63, 3.8) is 0 Å². The minimum absolute atomic E-state index is 0.304. The third-order valence-electron chi connectivity index (χ3n) is 1.81. The van der Waals surface area contributed by atoms with E-state index < -0.39 is 6.03 Å². The Labute approximate surface area is 79.7 Å². The number of alkyl halides is 1. The maximum atomic E-state index is 10.3. The van der Waals surface area contributed by atoms with Gasteiger partial charge in [0.1, 0.15) is 0 Å². The zero-order valence-electron chi connectivity index (χ0n) is 6.72. The molecule has 1 aliphatic rings. The summed E-state index contributed by atoms with van der Waals surface area (Å²) in [6.45, 7) is 0. The predicted octanol–water partition coefficient (Wildman–Crippen LogP) is 1.35. The van der Waals surface area contributed by atoms with Gasteiger partial charge < -0.3 is 5.73 Å². The molecule has 0 saturated heterocycles. The molecule has 1 unspecified atom stereocenters. The normalized spacial score (nSPS) is 27.1. The van der Waals surface area contributed by atoms with Crippen LogP contribution in [0.5, 0.6) is 0 Å². The Bertz CT molecular complexity index is 205. The van der Waals surface area contributed by atoms with Gasteiger partial charge in [-0.1, -0.05) is 22.4 Å². The standard InChI is InChI=1S/C7H12BrN3O/c8-5-3-1-2-4-6(5)10-11-7(9)12/h5H,1-4H2,(H3,9,11,12)/b10-6+. The van der Waals surface area contributed by atoms with Crippen molar-refractivity contribution in [3.8, 4) is 0 Å². The van der Waals surface area contributed by atoms with Gasteiger partial charge in [0.25, 0.3) is 0 Å². The van der Waals surface area contributed by atoms with E-state index in [1.807, 2.05) is 0 Å². The van der Waals surface area contributed by atoms with E-state index in [1.54, 1.807) is 0 Å². The number of rotatable bonds is 1. The van der Waals surface area contributed by atoms with Gasteiger partial charge in [-0.2, -0.15) is 5.10 Å². The highest BCUT2D eigenvalue weighted by atomic mass is 79.9. The first kappa shape index (κ1) is 9.51. The Morgan fingerprint density at radius 2 is 2.42 bits per heavy atom. The van der Waals surface area contributed by atoms with Gasteiger partial charge in [0.2, 0.25) is 0 Å². The highest BCUT2D eigenvalue weighted by Crippen LogP contribution is 2.21. The molecule has 1 rings (SSSR count). The van der Waals surface area contributed by atoms with Gasteiger partial charge in [-0.25, -0.2) is 10.2 Å². The average molecular weight is 234 g/mol. The quantitative estimate of drug-likeness (QED) is 0.521. The SMILES string of the molecule is NC(=O)N/N=C1\CCCCC1Br. The molecule has 5 heteroatoms. The molecule has 12 heavy (non-hydrogen) atoms. The fourth-order valence-corrected chi connectivity index (χ4v) is 1.86. The van der Waals surface area contributed by atoms with Crippen LogP contribution in [-0.2, 0) is 0 Å². The number of nitrogens with one attached hydrogen (secondary N) is 1.